The van der Waals surface area contributed by atoms with E-state index >= 15 is 0 Å². The molecule has 1 saturated heterocycles. The van der Waals surface area contributed by atoms with Crippen molar-refractivity contribution in [2.24, 2.45) is 4.99 Å². The smallest absolute Gasteiger partial charge is 0.242 e. The van der Waals surface area contributed by atoms with Crippen LogP contribution < -0.4 is 5.32 Å². The molecule has 136 valence electrons. The molecule has 1 heterocycles. The maximum atomic E-state index is 12.6. The third kappa shape index (κ3) is 5.12. The van der Waals surface area contributed by atoms with Crippen LogP contribution in [0.3, 0.4) is 0 Å². The van der Waals surface area contributed by atoms with Crippen LogP contribution in [0.15, 0.2) is 23.2 Å². The summed E-state index contributed by atoms with van der Waals surface area (Å²) in [6, 6.07) is 4.91. The van der Waals surface area contributed by atoms with E-state index in [0.717, 1.165) is 0 Å². The van der Waals surface area contributed by atoms with E-state index in [9.17, 15) is 9.59 Å². The van der Waals surface area contributed by atoms with E-state index in [-0.39, 0.29) is 30.3 Å². The number of benzene rings is 1. The zero-order valence-electron chi connectivity index (χ0n) is 14.5. The number of hydrogen-bond acceptors (Lipinski definition) is 4. The SMILES string of the molecule is CC(C)N=C1SC(CC(=O)Nc2cc(Cl)ccc2Cl)C(=O)N1C(C)C. The van der Waals surface area contributed by atoms with Gasteiger partial charge in [-0.05, 0) is 45.9 Å². The Kier molecular flexibility index (Phi) is 6.77. The second kappa shape index (κ2) is 8.43. The van der Waals surface area contributed by atoms with Crippen LogP contribution in [0.5, 0.6) is 0 Å². The number of amidine groups is 1. The molecule has 0 aromatic heterocycles. The molecule has 0 radical (unpaired) electrons. The van der Waals surface area contributed by atoms with Crippen molar-refractivity contribution in [3.8, 4) is 0 Å². The molecular weight excluding hydrogens is 381 g/mol. The predicted octanol–water partition coefficient (Wildman–Crippen LogP) is 4.44. The highest BCUT2D eigenvalue weighted by Gasteiger charge is 2.40. The van der Waals surface area contributed by atoms with Gasteiger partial charge in [-0.2, -0.15) is 0 Å². The van der Waals surface area contributed by atoms with Crippen molar-refractivity contribution in [2.75, 3.05) is 5.32 Å². The van der Waals surface area contributed by atoms with Crippen molar-refractivity contribution >= 4 is 57.6 Å². The third-order valence-corrected chi connectivity index (χ3v) is 5.16. The lowest BCUT2D eigenvalue weighted by Crippen LogP contribution is -2.38. The summed E-state index contributed by atoms with van der Waals surface area (Å²) >= 11 is 13.3. The van der Waals surface area contributed by atoms with Gasteiger partial charge in [0, 0.05) is 23.5 Å². The Morgan fingerprint density at radius 3 is 2.60 bits per heavy atom. The number of carbonyl (C=O) groups excluding carboxylic acids is 2. The molecule has 0 bridgehead atoms. The van der Waals surface area contributed by atoms with Crippen LogP contribution >= 0.6 is 35.0 Å². The summed E-state index contributed by atoms with van der Waals surface area (Å²) in [5, 5.41) is 3.78. The van der Waals surface area contributed by atoms with Gasteiger partial charge < -0.3 is 5.32 Å². The summed E-state index contributed by atoms with van der Waals surface area (Å²) < 4.78 is 0. The number of halogens is 2. The Labute approximate surface area is 162 Å². The number of nitrogens with zero attached hydrogens (tertiary/aromatic N) is 2. The van der Waals surface area contributed by atoms with Crippen molar-refractivity contribution in [2.45, 2.75) is 51.4 Å². The largest absolute Gasteiger partial charge is 0.325 e. The molecule has 2 amide bonds. The van der Waals surface area contributed by atoms with Crippen molar-refractivity contribution in [3.63, 3.8) is 0 Å². The average molecular weight is 402 g/mol. The summed E-state index contributed by atoms with van der Waals surface area (Å²) in [7, 11) is 0. The Morgan fingerprint density at radius 2 is 2.00 bits per heavy atom. The van der Waals surface area contributed by atoms with Crippen molar-refractivity contribution < 1.29 is 9.59 Å². The highest BCUT2D eigenvalue weighted by atomic mass is 35.5. The summed E-state index contributed by atoms with van der Waals surface area (Å²) in [6.45, 7) is 7.78. The van der Waals surface area contributed by atoms with Crippen molar-refractivity contribution in [1.82, 2.24) is 4.90 Å². The van der Waals surface area contributed by atoms with Gasteiger partial charge in [0.05, 0.1) is 10.7 Å². The molecule has 1 atom stereocenters. The molecule has 2 rings (SSSR count). The Hall–Kier alpha value is -1.24. The van der Waals surface area contributed by atoms with Crippen molar-refractivity contribution in [3.05, 3.63) is 28.2 Å². The van der Waals surface area contributed by atoms with Crippen LogP contribution in [0.1, 0.15) is 34.1 Å². The van der Waals surface area contributed by atoms with Gasteiger partial charge in [0.1, 0.15) is 5.25 Å². The topological polar surface area (TPSA) is 61.8 Å². The zero-order chi connectivity index (χ0) is 18.7. The first-order valence-corrected chi connectivity index (χ1v) is 9.65. The lowest BCUT2D eigenvalue weighted by Gasteiger charge is -2.21. The molecular formula is C17H21Cl2N3O2S. The number of rotatable bonds is 5. The second-order valence-electron chi connectivity index (χ2n) is 6.29. The van der Waals surface area contributed by atoms with Crippen LogP contribution in [-0.4, -0.2) is 39.2 Å². The molecule has 1 aromatic rings. The number of hydrogen-bond donors (Lipinski definition) is 1. The number of anilines is 1. The second-order valence-corrected chi connectivity index (χ2v) is 8.30. The number of nitrogens with one attached hydrogen (secondary N) is 1. The fraction of sp³-hybridized carbons (Fsp3) is 0.471. The minimum absolute atomic E-state index is 0.00654. The van der Waals surface area contributed by atoms with E-state index in [1.807, 2.05) is 27.7 Å². The standard InChI is InChI=1S/C17H21Cl2N3O2S/c1-9(2)20-17-22(10(3)4)16(24)14(25-17)8-15(23)21-13-7-11(18)5-6-12(13)19/h5-7,9-10,14H,8H2,1-4H3,(H,21,23). The number of thioether (sulfide) groups is 1. The summed E-state index contributed by atoms with van der Waals surface area (Å²) in [4.78, 5) is 31.2. The van der Waals surface area contributed by atoms with Gasteiger partial charge in [-0.3, -0.25) is 19.5 Å². The molecule has 5 nitrogen and oxygen atoms in total. The average Bonchev–Trinajstić information content (AvgIpc) is 2.78. The lowest BCUT2D eigenvalue weighted by molar-refractivity contribution is -0.129. The van der Waals surface area contributed by atoms with Crippen LogP contribution in [0.2, 0.25) is 10.0 Å². The fourth-order valence-corrected chi connectivity index (χ4v) is 4.09. The van der Waals surface area contributed by atoms with Gasteiger partial charge in [-0.1, -0.05) is 35.0 Å². The van der Waals surface area contributed by atoms with E-state index in [1.165, 1.54) is 11.8 Å². The van der Waals surface area contributed by atoms with Crippen LogP contribution in [-0.2, 0) is 9.59 Å². The molecule has 1 unspecified atom stereocenters. The maximum absolute atomic E-state index is 12.6. The first kappa shape index (κ1) is 20.1. The van der Waals surface area contributed by atoms with Gasteiger partial charge >= 0.3 is 0 Å². The number of amides is 2. The van der Waals surface area contributed by atoms with Crippen molar-refractivity contribution in [1.29, 1.82) is 0 Å². The minimum Gasteiger partial charge on any atom is -0.325 e. The monoisotopic (exact) mass is 401 g/mol. The molecule has 0 spiro atoms. The van der Waals surface area contributed by atoms with Gasteiger partial charge in [-0.25, -0.2) is 0 Å². The quantitative estimate of drug-likeness (QED) is 0.792. The van der Waals surface area contributed by atoms with Gasteiger partial charge in [-0.15, -0.1) is 0 Å². The first-order valence-electron chi connectivity index (χ1n) is 8.01. The Bertz CT molecular complexity index is 707. The summed E-state index contributed by atoms with van der Waals surface area (Å²) in [5.74, 6) is -0.378. The molecule has 25 heavy (non-hydrogen) atoms. The highest BCUT2D eigenvalue weighted by Crippen LogP contribution is 2.32. The lowest BCUT2D eigenvalue weighted by atomic mass is 10.2. The van der Waals surface area contributed by atoms with Gasteiger partial charge in [0.2, 0.25) is 11.8 Å². The maximum Gasteiger partial charge on any atom is 0.242 e. The number of aliphatic imine (C=N–C) groups is 1. The predicted molar refractivity (Wildman–Crippen MR) is 106 cm³/mol. The molecule has 0 aliphatic carbocycles. The van der Waals surface area contributed by atoms with E-state index in [0.29, 0.717) is 20.9 Å². The molecule has 1 fully saturated rings. The molecule has 1 N–H and O–H groups in total. The van der Waals surface area contributed by atoms with Gasteiger partial charge in [0.15, 0.2) is 5.17 Å². The first-order chi connectivity index (χ1) is 11.7. The molecule has 8 heteroatoms. The summed E-state index contributed by atoms with van der Waals surface area (Å²) in [5.41, 5.74) is 0.436. The Morgan fingerprint density at radius 1 is 1.32 bits per heavy atom. The highest BCUT2D eigenvalue weighted by molar-refractivity contribution is 8.15. The van der Waals surface area contributed by atoms with E-state index in [2.05, 4.69) is 10.3 Å². The molecule has 0 saturated carbocycles. The Balaban J connectivity index is 2.10. The van der Waals surface area contributed by atoms with E-state index in [1.54, 1.807) is 23.1 Å². The third-order valence-electron chi connectivity index (χ3n) is 3.42. The van der Waals surface area contributed by atoms with Gasteiger partial charge in [0.25, 0.3) is 0 Å². The molecule has 1 aliphatic heterocycles. The zero-order valence-corrected chi connectivity index (χ0v) is 16.9. The van der Waals surface area contributed by atoms with Crippen LogP contribution in [0.25, 0.3) is 0 Å². The molecule has 1 aromatic carbocycles. The minimum atomic E-state index is -0.488. The normalized spacial score (nSPS) is 19.4. The fourth-order valence-electron chi connectivity index (χ4n) is 2.36. The van der Waals surface area contributed by atoms with E-state index < -0.39 is 5.25 Å². The summed E-state index contributed by atoms with van der Waals surface area (Å²) in [6.07, 6.45) is 0.0483. The number of carbonyl (C=O) groups is 2. The van der Waals surface area contributed by atoms with Crippen LogP contribution in [0, 0.1) is 0 Å². The van der Waals surface area contributed by atoms with Crippen LogP contribution in [0.4, 0.5) is 5.69 Å². The molecule has 1 aliphatic rings. The van der Waals surface area contributed by atoms with E-state index in [4.69, 9.17) is 23.2 Å².